The van der Waals surface area contributed by atoms with Gasteiger partial charge in [0, 0.05) is 31.0 Å². The van der Waals surface area contributed by atoms with Crippen molar-refractivity contribution >= 4 is 17.3 Å². The first-order chi connectivity index (χ1) is 8.22. The minimum Gasteiger partial charge on any atom is -0.371 e. The standard InChI is InChI=1S/C12H17N5/c1-9-3-2-5-16(8-9)10-4-6-17-11(7-10)14-12(13)15-17/h4,6-7,9H,2-3,5,8H2,1H3,(H2,13,15). The monoisotopic (exact) mass is 231 g/mol. The summed E-state index contributed by atoms with van der Waals surface area (Å²) in [5, 5.41) is 4.08. The van der Waals surface area contributed by atoms with E-state index < -0.39 is 0 Å². The van der Waals surface area contributed by atoms with Crippen molar-refractivity contribution in [2.45, 2.75) is 19.8 Å². The largest absolute Gasteiger partial charge is 0.371 e. The number of fused-ring (bicyclic) bond motifs is 1. The summed E-state index contributed by atoms with van der Waals surface area (Å²) in [5.41, 5.74) is 7.62. The van der Waals surface area contributed by atoms with Crippen molar-refractivity contribution in [2.75, 3.05) is 23.7 Å². The molecule has 3 heterocycles. The first kappa shape index (κ1) is 10.4. The fraction of sp³-hybridized carbons (Fsp3) is 0.500. The molecule has 2 N–H and O–H groups in total. The Morgan fingerprint density at radius 1 is 1.47 bits per heavy atom. The molecule has 5 nitrogen and oxygen atoms in total. The highest BCUT2D eigenvalue weighted by molar-refractivity contribution is 5.57. The molecule has 1 unspecified atom stereocenters. The molecule has 0 bridgehead atoms. The predicted octanol–water partition coefficient (Wildman–Crippen LogP) is 1.55. The molecule has 0 aromatic carbocycles. The molecule has 3 rings (SSSR count). The van der Waals surface area contributed by atoms with Crippen molar-refractivity contribution < 1.29 is 0 Å². The lowest BCUT2D eigenvalue weighted by atomic mass is 10.00. The van der Waals surface area contributed by atoms with Crippen LogP contribution in [-0.2, 0) is 0 Å². The smallest absolute Gasteiger partial charge is 0.240 e. The Kier molecular flexibility index (Phi) is 2.39. The second kappa shape index (κ2) is 3.91. The van der Waals surface area contributed by atoms with E-state index in [1.807, 2.05) is 6.20 Å². The van der Waals surface area contributed by atoms with Crippen molar-refractivity contribution in [3.63, 3.8) is 0 Å². The van der Waals surface area contributed by atoms with Crippen LogP contribution in [0.1, 0.15) is 19.8 Å². The molecule has 2 aromatic heterocycles. The molecule has 1 aliphatic heterocycles. The molecule has 1 saturated heterocycles. The van der Waals surface area contributed by atoms with Gasteiger partial charge >= 0.3 is 0 Å². The summed E-state index contributed by atoms with van der Waals surface area (Å²) in [5.74, 6) is 1.09. The van der Waals surface area contributed by atoms with E-state index in [-0.39, 0.29) is 0 Å². The third kappa shape index (κ3) is 1.92. The number of nitrogens with zero attached hydrogens (tertiary/aromatic N) is 4. The number of hydrogen-bond acceptors (Lipinski definition) is 4. The Morgan fingerprint density at radius 3 is 3.18 bits per heavy atom. The van der Waals surface area contributed by atoms with Crippen LogP contribution in [0, 0.1) is 5.92 Å². The second-order valence-electron chi connectivity index (χ2n) is 4.85. The van der Waals surface area contributed by atoms with Gasteiger partial charge in [-0.2, -0.15) is 4.98 Å². The molecule has 0 amide bonds. The molecular weight excluding hydrogens is 214 g/mol. The number of nitrogens with two attached hydrogens (primary N) is 1. The molecule has 1 fully saturated rings. The summed E-state index contributed by atoms with van der Waals surface area (Å²) < 4.78 is 1.71. The number of anilines is 2. The summed E-state index contributed by atoms with van der Waals surface area (Å²) >= 11 is 0. The molecule has 0 saturated carbocycles. The van der Waals surface area contributed by atoms with Crippen LogP contribution >= 0.6 is 0 Å². The molecule has 1 atom stereocenters. The lowest BCUT2D eigenvalue weighted by Crippen LogP contribution is -2.34. The van der Waals surface area contributed by atoms with Gasteiger partial charge in [0.05, 0.1) is 0 Å². The number of pyridine rings is 1. The summed E-state index contributed by atoms with van der Waals surface area (Å²) in [6, 6.07) is 4.14. The minimum absolute atomic E-state index is 0.328. The van der Waals surface area contributed by atoms with Gasteiger partial charge in [-0.25, -0.2) is 4.52 Å². The Labute approximate surface area is 100 Å². The lowest BCUT2D eigenvalue weighted by Gasteiger charge is -2.32. The van der Waals surface area contributed by atoms with E-state index >= 15 is 0 Å². The fourth-order valence-corrected chi connectivity index (χ4v) is 2.51. The van der Waals surface area contributed by atoms with Gasteiger partial charge in [0.1, 0.15) is 0 Å². The van der Waals surface area contributed by atoms with E-state index in [1.165, 1.54) is 18.5 Å². The third-order valence-electron chi connectivity index (χ3n) is 3.36. The van der Waals surface area contributed by atoms with Crippen LogP contribution in [0.15, 0.2) is 18.3 Å². The maximum atomic E-state index is 5.58. The average Bonchev–Trinajstić information content (AvgIpc) is 2.68. The average molecular weight is 231 g/mol. The highest BCUT2D eigenvalue weighted by Crippen LogP contribution is 2.23. The molecule has 2 aromatic rings. The predicted molar refractivity (Wildman–Crippen MR) is 68.0 cm³/mol. The van der Waals surface area contributed by atoms with Crippen LogP contribution in [0.2, 0.25) is 0 Å². The second-order valence-corrected chi connectivity index (χ2v) is 4.85. The van der Waals surface area contributed by atoms with Crippen LogP contribution in [0.3, 0.4) is 0 Å². The molecule has 5 heteroatoms. The van der Waals surface area contributed by atoms with Gasteiger partial charge in [-0.15, -0.1) is 5.10 Å². The maximum Gasteiger partial charge on any atom is 0.240 e. The van der Waals surface area contributed by atoms with E-state index in [9.17, 15) is 0 Å². The van der Waals surface area contributed by atoms with Crippen molar-refractivity contribution in [2.24, 2.45) is 5.92 Å². The van der Waals surface area contributed by atoms with E-state index in [0.717, 1.165) is 24.7 Å². The van der Waals surface area contributed by atoms with Crippen molar-refractivity contribution in [1.29, 1.82) is 0 Å². The zero-order valence-electron chi connectivity index (χ0n) is 10.0. The summed E-state index contributed by atoms with van der Waals surface area (Å²) in [6.07, 6.45) is 4.52. The number of rotatable bonds is 1. The van der Waals surface area contributed by atoms with E-state index in [2.05, 4.69) is 34.0 Å². The molecule has 0 spiro atoms. The van der Waals surface area contributed by atoms with E-state index in [0.29, 0.717) is 5.95 Å². The molecule has 90 valence electrons. The number of hydrogen-bond donors (Lipinski definition) is 1. The van der Waals surface area contributed by atoms with Gasteiger partial charge in [0.2, 0.25) is 5.95 Å². The van der Waals surface area contributed by atoms with Crippen LogP contribution in [0.4, 0.5) is 11.6 Å². The Balaban J connectivity index is 1.94. The first-order valence-corrected chi connectivity index (χ1v) is 6.09. The molecule has 17 heavy (non-hydrogen) atoms. The number of aromatic nitrogens is 3. The van der Waals surface area contributed by atoms with Crippen LogP contribution < -0.4 is 10.6 Å². The van der Waals surface area contributed by atoms with Crippen molar-refractivity contribution in [3.05, 3.63) is 18.3 Å². The zero-order valence-corrected chi connectivity index (χ0v) is 10.0. The summed E-state index contributed by atoms with van der Waals surface area (Å²) in [7, 11) is 0. The number of piperidine rings is 1. The van der Waals surface area contributed by atoms with Crippen LogP contribution in [0.5, 0.6) is 0 Å². The molecule has 1 aliphatic rings. The quantitative estimate of drug-likeness (QED) is 0.809. The highest BCUT2D eigenvalue weighted by Gasteiger charge is 2.17. The van der Waals surface area contributed by atoms with E-state index in [4.69, 9.17) is 5.73 Å². The molecule has 0 radical (unpaired) electrons. The van der Waals surface area contributed by atoms with Gasteiger partial charge < -0.3 is 10.6 Å². The normalized spacial score (nSPS) is 21.0. The topological polar surface area (TPSA) is 59.5 Å². The van der Waals surface area contributed by atoms with Gasteiger partial charge in [-0.05, 0) is 24.8 Å². The zero-order chi connectivity index (χ0) is 11.8. The Bertz CT molecular complexity index is 533. The Morgan fingerprint density at radius 2 is 2.35 bits per heavy atom. The third-order valence-corrected chi connectivity index (χ3v) is 3.36. The first-order valence-electron chi connectivity index (χ1n) is 6.09. The molecule has 0 aliphatic carbocycles. The summed E-state index contributed by atoms with van der Waals surface area (Å²) in [4.78, 5) is 6.61. The lowest BCUT2D eigenvalue weighted by molar-refractivity contribution is 0.447. The van der Waals surface area contributed by atoms with Crippen LogP contribution in [0.25, 0.3) is 5.65 Å². The fourth-order valence-electron chi connectivity index (χ4n) is 2.51. The summed E-state index contributed by atoms with van der Waals surface area (Å²) in [6.45, 7) is 4.56. The Hall–Kier alpha value is -1.78. The van der Waals surface area contributed by atoms with Gasteiger partial charge in [-0.1, -0.05) is 6.92 Å². The van der Waals surface area contributed by atoms with E-state index in [1.54, 1.807) is 4.52 Å². The minimum atomic E-state index is 0.328. The van der Waals surface area contributed by atoms with Gasteiger partial charge in [0.25, 0.3) is 0 Å². The van der Waals surface area contributed by atoms with Crippen molar-refractivity contribution in [1.82, 2.24) is 14.6 Å². The van der Waals surface area contributed by atoms with Gasteiger partial charge in [-0.3, -0.25) is 0 Å². The maximum absolute atomic E-state index is 5.58. The van der Waals surface area contributed by atoms with Crippen molar-refractivity contribution in [3.8, 4) is 0 Å². The highest BCUT2D eigenvalue weighted by atomic mass is 15.3. The van der Waals surface area contributed by atoms with Crippen LogP contribution in [-0.4, -0.2) is 27.7 Å². The number of nitrogen functional groups attached to an aromatic ring is 1. The van der Waals surface area contributed by atoms with Gasteiger partial charge in [0.15, 0.2) is 5.65 Å². The molecular formula is C12H17N5. The SMILES string of the molecule is CC1CCCN(c2ccn3nc(N)nc3c2)C1.